The molecule has 2 atom stereocenters. The predicted octanol–water partition coefficient (Wildman–Crippen LogP) is 5.05. The van der Waals surface area contributed by atoms with Crippen LogP contribution in [0.1, 0.15) is 56.0 Å². The Morgan fingerprint density at radius 2 is 1.59 bits per heavy atom. The largest absolute Gasteiger partial charge is 0.490 e. The van der Waals surface area contributed by atoms with Crippen LogP contribution in [0.4, 0.5) is 0 Å². The molecule has 5 heteroatoms. The molecule has 0 heterocycles. The van der Waals surface area contributed by atoms with E-state index in [0.29, 0.717) is 24.7 Å². The number of rotatable bonds is 9. The molecular formula is C24H33NO4. The first-order chi connectivity index (χ1) is 13.8. The summed E-state index contributed by atoms with van der Waals surface area (Å²) in [5.74, 6) is 1.97. The summed E-state index contributed by atoms with van der Waals surface area (Å²) >= 11 is 0. The van der Waals surface area contributed by atoms with E-state index in [-0.39, 0.29) is 11.9 Å². The van der Waals surface area contributed by atoms with Crippen molar-refractivity contribution in [2.45, 2.75) is 60.6 Å². The Morgan fingerprint density at radius 1 is 0.931 bits per heavy atom. The molecule has 0 fully saturated rings. The summed E-state index contributed by atoms with van der Waals surface area (Å²) in [6.07, 6.45) is -0.605. The number of carbonyl (C=O) groups is 1. The van der Waals surface area contributed by atoms with Gasteiger partial charge in [0.05, 0.1) is 19.3 Å². The fraction of sp³-hybridized carbons (Fsp3) is 0.458. The van der Waals surface area contributed by atoms with E-state index in [4.69, 9.17) is 14.2 Å². The first kappa shape index (κ1) is 22.6. The normalized spacial score (nSPS) is 12.8. The van der Waals surface area contributed by atoms with Gasteiger partial charge in [0.2, 0.25) is 0 Å². The lowest BCUT2D eigenvalue weighted by Gasteiger charge is -2.21. The van der Waals surface area contributed by atoms with Crippen LogP contribution in [0, 0.1) is 20.8 Å². The summed E-state index contributed by atoms with van der Waals surface area (Å²) in [6, 6.07) is 9.62. The average Bonchev–Trinajstić information content (AvgIpc) is 2.67. The fourth-order valence-electron chi connectivity index (χ4n) is 3.12. The van der Waals surface area contributed by atoms with Gasteiger partial charge in [0, 0.05) is 0 Å². The lowest BCUT2D eigenvalue weighted by Crippen LogP contribution is -2.37. The van der Waals surface area contributed by atoms with Gasteiger partial charge in [-0.2, -0.15) is 0 Å². The third-order valence-corrected chi connectivity index (χ3v) is 4.86. The second-order valence-electron chi connectivity index (χ2n) is 7.27. The van der Waals surface area contributed by atoms with E-state index in [1.165, 1.54) is 0 Å². The Hall–Kier alpha value is -2.69. The van der Waals surface area contributed by atoms with E-state index in [2.05, 4.69) is 11.4 Å². The van der Waals surface area contributed by atoms with Crippen molar-refractivity contribution >= 4 is 5.91 Å². The van der Waals surface area contributed by atoms with Crippen molar-refractivity contribution in [3.63, 3.8) is 0 Å². The number of aryl methyl sites for hydroxylation is 2. The highest BCUT2D eigenvalue weighted by Crippen LogP contribution is 2.31. The predicted molar refractivity (Wildman–Crippen MR) is 116 cm³/mol. The number of carbonyl (C=O) groups excluding carboxylic acids is 1. The van der Waals surface area contributed by atoms with Crippen molar-refractivity contribution in [1.82, 2.24) is 5.32 Å². The maximum atomic E-state index is 12.7. The smallest absolute Gasteiger partial charge is 0.261 e. The molecular weight excluding hydrogens is 366 g/mol. The minimum Gasteiger partial charge on any atom is -0.490 e. The first-order valence-electron chi connectivity index (χ1n) is 10.2. The van der Waals surface area contributed by atoms with E-state index in [1.807, 2.05) is 65.8 Å². The van der Waals surface area contributed by atoms with Gasteiger partial charge in [-0.3, -0.25) is 4.79 Å². The van der Waals surface area contributed by atoms with Gasteiger partial charge in [-0.1, -0.05) is 12.1 Å². The lowest BCUT2D eigenvalue weighted by molar-refractivity contribution is -0.127. The van der Waals surface area contributed by atoms with E-state index >= 15 is 0 Å². The minimum absolute atomic E-state index is 0.164. The van der Waals surface area contributed by atoms with Crippen LogP contribution in [0.15, 0.2) is 30.3 Å². The molecule has 0 bridgehead atoms. The Bertz CT molecular complexity index is 847. The molecule has 0 unspecified atom stereocenters. The molecule has 0 spiro atoms. The second kappa shape index (κ2) is 10.2. The monoisotopic (exact) mass is 399 g/mol. The third kappa shape index (κ3) is 5.89. The molecule has 1 amide bonds. The topological polar surface area (TPSA) is 56.8 Å². The van der Waals surface area contributed by atoms with Crippen LogP contribution in [0.5, 0.6) is 17.2 Å². The highest BCUT2D eigenvalue weighted by molar-refractivity contribution is 5.81. The van der Waals surface area contributed by atoms with Crippen molar-refractivity contribution in [3.05, 3.63) is 52.6 Å². The van der Waals surface area contributed by atoms with Gasteiger partial charge in [0.25, 0.3) is 5.91 Å². The Balaban J connectivity index is 2.09. The number of hydrogen-bond donors (Lipinski definition) is 1. The molecule has 1 N–H and O–H groups in total. The molecule has 0 aliphatic heterocycles. The number of amides is 1. The number of hydrogen-bond acceptors (Lipinski definition) is 4. The SMILES string of the molecule is CCOc1ccc([C@@H](C)NC(=O)[C@H](C)Oc2cc(C)cc(C)c2C)cc1OCC. The third-order valence-electron chi connectivity index (χ3n) is 4.86. The number of ether oxygens (including phenoxy) is 3. The summed E-state index contributed by atoms with van der Waals surface area (Å²) in [6.45, 7) is 14.8. The molecule has 0 saturated carbocycles. The van der Waals surface area contributed by atoms with Crippen molar-refractivity contribution in [3.8, 4) is 17.2 Å². The quantitative estimate of drug-likeness (QED) is 0.641. The summed E-state index contributed by atoms with van der Waals surface area (Å²) in [4.78, 5) is 12.7. The molecule has 5 nitrogen and oxygen atoms in total. The molecule has 0 aromatic heterocycles. The van der Waals surface area contributed by atoms with E-state index in [0.717, 1.165) is 28.0 Å². The van der Waals surface area contributed by atoms with Gasteiger partial charge >= 0.3 is 0 Å². The van der Waals surface area contributed by atoms with Gasteiger partial charge in [-0.25, -0.2) is 0 Å². The minimum atomic E-state index is -0.605. The molecule has 2 rings (SSSR count). The summed E-state index contributed by atoms with van der Waals surface area (Å²) < 4.78 is 17.3. The maximum absolute atomic E-state index is 12.7. The molecule has 29 heavy (non-hydrogen) atoms. The standard InChI is InChI=1S/C24H33NO4/c1-8-27-21-11-10-20(14-23(21)28-9-2)18(6)25-24(26)19(7)29-22-13-15(3)12-16(4)17(22)5/h10-14,18-19H,8-9H2,1-7H3,(H,25,26)/t18-,19+/m1/s1. The van der Waals surface area contributed by atoms with Crippen molar-refractivity contribution in [2.24, 2.45) is 0 Å². The van der Waals surface area contributed by atoms with E-state index < -0.39 is 6.10 Å². The molecule has 0 saturated heterocycles. The molecule has 0 aliphatic rings. The Morgan fingerprint density at radius 3 is 2.24 bits per heavy atom. The highest BCUT2D eigenvalue weighted by Gasteiger charge is 2.20. The van der Waals surface area contributed by atoms with Crippen molar-refractivity contribution in [1.29, 1.82) is 0 Å². The first-order valence-corrected chi connectivity index (χ1v) is 10.2. The molecule has 158 valence electrons. The van der Waals surface area contributed by atoms with Gasteiger partial charge in [-0.05, 0) is 88.9 Å². The van der Waals surface area contributed by atoms with Gasteiger partial charge in [0.1, 0.15) is 5.75 Å². The van der Waals surface area contributed by atoms with Crippen molar-refractivity contribution in [2.75, 3.05) is 13.2 Å². The Labute approximate surface area is 174 Å². The van der Waals surface area contributed by atoms with Crippen LogP contribution in [0.3, 0.4) is 0 Å². The molecule has 0 radical (unpaired) electrons. The van der Waals surface area contributed by atoms with Crippen LogP contribution in [-0.2, 0) is 4.79 Å². The highest BCUT2D eigenvalue weighted by atomic mass is 16.5. The van der Waals surface area contributed by atoms with Crippen molar-refractivity contribution < 1.29 is 19.0 Å². The van der Waals surface area contributed by atoms with Gasteiger partial charge in [0.15, 0.2) is 17.6 Å². The van der Waals surface area contributed by atoms with Crippen LogP contribution in [0.25, 0.3) is 0 Å². The molecule has 2 aromatic carbocycles. The molecule has 0 aliphatic carbocycles. The average molecular weight is 400 g/mol. The lowest BCUT2D eigenvalue weighted by atomic mass is 10.1. The zero-order valence-corrected chi connectivity index (χ0v) is 18.6. The second-order valence-corrected chi connectivity index (χ2v) is 7.27. The number of nitrogens with one attached hydrogen (secondary N) is 1. The fourth-order valence-corrected chi connectivity index (χ4v) is 3.12. The maximum Gasteiger partial charge on any atom is 0.261 e. The van der Waals surface area contributed by atoms with E-state index in [1.54, 1.807) is 6.92 Å². The number of benzene rings is 2. The van der Waals surface area contributed by atoms with Crippen LogP contribution in [-0.4, -0.2) is 25.2 Å². The van der Waals surface area contributed by atoms with Gasteiger partial charge < -0.3 is 19.5 Å². The Kier molecular flexibility index (Phi) is 7.94. The zero-order chi connectivity index (χ0) is 21.6. The zero-order valence-electron chi connectivity index (χ0n) is 18.6. The van der Waals surface area contributed by atoms with Crippen LogP contribution in [0.2, 0.25) is 0 Å². The summed E-state index contributed by atoms with van der Waals surface area (Å²) in [5.41, 5.74) is 4.26. The van der Waals surface area contributed by atoms with E-state index in [9.17, 15) is 4.79 Å². The van der Waals surface area contributed by atoms with Gasteiger partial charge in [-0.15, -0.1) is 0 Å². The van der Waals surface area contributed by atoms with Crippen LogP contribution >= 0.6 is 0 Å². The van der Waals surface area contributed by atoms with Crippen LogP contribution < -0.4 is 19.5 Å². The molecule has 2 aromatic rings. The summed E-state index contributed by atoms with van der Waals surface area (Å²) in [5, 5.41) is 3.03. The summed E-state index contributed by atoms with van der Waals surface area (Å²) in [7, 11) is 0.